The topological polar surface area (TPSA) is 15.3 Å². The van der Waals surface area contributed by atoms with Gasteiger partial charge in [0.15, 0.2) is 0 Å². The molecule has 1 aliphatic rings. The smallest absolute Gasteiger partial charge is 0.0557 e. The average molecular weight is 280 g/mol. The summed E-state index contributed by atoms with van der Waals surface area (Å²) in [6, 6.07) is 18.1. The molecule has 1 unspecified atom stereocenters. The molecule has 2 nitrogen and oxygen atoms in total. The molecular weight excluding hydrogens is 256 g/mol. The summed E-state index contributed by atoms with van der Waals surface area (Å²) in [4.78, 5) is 2.56. The van der Waals surface area contributed by atoms with E-state index in [1.165, 1.54) is 22.4 Å². The molecule has 1 atom stereocenters. The zero-order chi connectivity index (χ0) is 14.7. The first-order valence-corrected chi connectivity index (χ1v) is 7.92. The number of benzene rings is 2. The first-order chi connectivity index (χ1) is 10.3. The van der Waals surface area contributed by atoms with E-state index in [-0.39, 0.29) is 0 Å². The number of nitrogens with one attached hydrogen (secondary N) is 1. The second-order valence-electron chi connectivity index (χ2n) is 5.75. The molecule has 0 saturated heterocycles. The summed E-state index contributed by atoms with van der Waals surface area (Å²) in [5.41, 5.74) is 5.63. The maximum atomic E-state index is 3.55. The lowest BCUT2D eigenvalue weighted by molar-refractivity contribution is 0.569. The monoisotopic (exact) mass is 280 g/mol. The Hall–Kier alpha value is -1.80. The second-order valence-corrected chi connectivity index (χ2v) is 5.75. The fourth-order valence-corrected chi connectivity index (χ4v) is 3.41. The van der Waals surface area contributed by atoms with Gasteiger partial charge in [0.1, 0.15) is 0 Å². The van der Waals surface area contributed by atoms with Gasteiger partial charge >= 0.3 is 0 Å². The van der Waals surface area contributed by atoms with Crippen LogP contribution in [0.3, 0.4) is 0 Å². The lowest BCUT2D eigenvalue weighted by Crippen LogP contribution is -2.30. The van der Waals surface area contributed by atoms with E-state index >= 15 is 0 Å². The molecule has 0 saturated carbocycles. The van der Waals surface area contributed by atoms with E-state index in [9.17, 15) is 0 Å². The van der Waals surface area contributed by atoms with Crippen LogP contribution < -0.4 is 10.2 Å². The van der Waals surface area contributed by atoms with Crippen molar-refractivity contribution in [3.05, 3.63) is 65.2 Å². The van der Waals surface area contributed by atoms with Crippen LogP contribution in [0.2, 0.25) is 0 Å². The molecule has 1 N–H and O–H groups in total. The van der Waals surface area contributed by atoms with Gasteiger partial charge in [-0.05, 0) is 49.6 Å². The van der Waals surface area contributed by atoms with Crippen LogP contribution in [0.4, 0.5) is 5.69 Å². The molecule has 21 heavy (non-hydrogen) atoms. The van der Waals surface area contributed by atoms with E-state index in [1.54, 1.807) is 0 Å². The summed E-state index contributed by atoms with van der Waals surface area (Å²) in [5.74, 6) is 0. The van der Waals surface area contributed by atoms with Gasteiger partial charge in [-0.3, -0.25) is 0 Å². The lowest BCUT2D eigenvalue weighted by atomic mass is 9.97. The number of nitrogens with zero attached hydrogens (tertiary/aromatic N) is 1. The summed E-state index contributed by atoms with van der Waals surface area (Å²) in [6.45, 7) is 7.55. The molecule has 0 spiro atoms. The Kier molecular flexibility index (Phi) is 4.26. The zero-order valence-electron chi connectivity index (χ0n) is 13.0. The summed E-state index contributed by atoms with van der Waals surface area (Å²) >= 11 is 0. The Bertz CT molecular complexity index is 606. The van der Waals surface area contributed by atoms with Gasteiger partial charge in [-0.25, -0.2) is 0 Å². The van der Waals surface area contributed by atoms with Crippen LogP contribution in [0.25, 0.3) is 0 Å². The van der Waals surface area contributed by atoms with Crippen LogP contribution >= 0.6 is 0 Å². The third-order valence-corrected chi connectivity index (χ3v) is 4.47. The van der Waals surface area contributed by atoms with Crippen molar-refractivity contribution in [2.45, 2.75) is 32.9 Å². The van der Waals surface area contributed by atoms with Crippen molar-refractivity contribution in [3.63, 3.8) is 0 Å². The lowest BCUT2D eigenvalue weighted by Gasteiger charge is -2.34. The number of hydrogen-bond donors (Lipinski definition) is 1. The van der Waals surface area contributed by atoms with E-state index in [2.05, 4.69) is 72.6 Å². The predicted octanol–water partition coefficient (Wildman–Crippen LogP) is 4.06. The Labute approximate surface area is 127 Å². The highest BCUT2D eigenvalue weighted by Gasteiger charge is 2.24. The maximum Gasteiger partial charge on any atom is 0.0557 e. The first kappa shape index (κ1) is 14.2. The third-order valence-electron chi connectivity index (χ3n) is 4.47. The van der Waals surface area contributed by atoms with Gasteiger partial charge in [-0.2, -0.15) is 0 Å². The van der Waals surface area contributed by atoms with E-state index in [1.807, 2.05) is 0 Å². The molecule has 110 valence electrons. The largest absolute Gasteiger partial charge is 0.364 e. The van der Waals surface area contributed by atoms with Crippen molar-refractivity contribution < 1.29 is 0 Å². The molecule has 2 aromatic rings. The van der Waals surface area contributed by atoms with Gasteiger partial charge in [-0.15, -0.1) is 0 Å². The molecule has 2 heteroatoms. The van der Waals surface area contributed by atoms with Crippen LogP contribution in [0.5, 0.6) is 0 Å². The molecule has 0 radical (unpaired) electrons. The van der Waals surface area contributed by atoms with Gasteiger partial charge in [0.25, 0.3) is 0 Å². The van der Waals surface area contributed by atoms with E-state index in [0.717, 1.165) is 26.1 Å². The molecule has 0 aliphatic carbocycles. The number of rotatable bonds is 3. The maximum absolute atomic E-state index is 3.55. The minimum atomic E-state index is 0.460. The normalized spacial score (nSPS) is 17.9. The van der Waals surface area contributed by atoms with Crippen molar-refractivity contribution >= 4 is 5.69 Å². The molecule has 0 amide bonds. The third kappa shape index (κ3) is 2.81. The Morgan fingerprint density at radius 3 is 2.67 bits per heavy atom. The van der Waals surface area contributed by atoms with Crippen molar-refractivity contribution in [2.24, 2.45) is 0 Å². The van der Waals surface area contributed by atoms with E-state index < -0.39 is 0 Å². The second kappa shape index (κ2) is 6.31. The summed E-state index contributed by atoms with van der Waals surface area (Å²) < 4.78 is 0. The van der Waals surface area contributed by atoms with Crippen LogP contribution in [0, 0.1) is 6.92 Å². The molecule has 0 aromatic heterocycles. The summed E-state index contributed by atoms with van der Waals surface area (Å²) in [5, 5.41) is 3.55. The zero-order valence-corrected chi connectivity index (χ0v) is 13.0. The van der Waals surface area contributed by atoms with Gasteiger partial charge in [0, 0.05) is 18.8 Å². The molecule has 3 rings (SSSR count). The summed E-state index contributed by atoms with van der Waals surface area (Å²) in [7, 11) is 0. The number of anilines is 1. The molecule has 2 aromatic carbocycles. The molecule has 0 fully saturated rings. The van der Waals surface area contributed by atoms with Gasteiger partial charge in [-0.1, -0.05) is 42.5 Å². The number of fused-ring (bicyclic) bond motifs is 1. The minimum absolute atomic E-state index is 0.460. The van der Waals surface area contributed by atoms with Crippen molar-refractivity contribution in [1.82, 2.24) is 5.32 Å². The van der Waals surface area contributed by atoms with Crippen LogP contribution in [0.1, 0.15) is 36.1 Å². The van der Waals surface area contributed by atoms with Crippen molar-refractivity contribution in [2.75, 3.05) is 18.0 Å². The molecule has 1 aliphatic heterocycles. The van der Waals surface area contributed by atoms with E-state index in [0.29, 0.717) is 6.04 Å². The van der Waals surface area contributed by atoms with Gasteiger partial charge in [0.05, 0.1) is 6.04 Å². The molecule has 0 bridgehead atoms. The van der Waals surface area contributed by atoms with Crippen molar-refractivity contribution in [1.29, 1.82) is 0 Å². The standard InChI is InChI=1S/C19H24N2/c1-3-21(18-11-7-4-8-15(18)2)19-12-13-20-14-16-9-5-6-10-17(16)19/h4-11,19-20H,3,12-14H2,1-2H3. The average Bonchev–Trinajstić information content (AvgIpc) is 2.73. The SMILES string of the molecule is CCN(c1ccccc1C)C1CCNCc2ccccc21. The predicted molar refractivity (Wildman–Crippen MR) is 89.7 cm³/mol. The fraction of sp³-hybridized carbons (Fsp3) is 0.368. The Balaban J connectivity index is 2.03. The first-order valence-electron chi connectivity index (χ1n) is 7.92. The Morgan fingerprint density at radius 2 is 1.86 bits per heavy atom. The summed E-state index contributed by atoms with van der Waals surface area (Å²) in [6.07, 6.45) is 1.15. The van der Waals surface area contributed by atoms with Crippen molar-refractivity contribution in [3.8, 4) is 0 Å². The van der Waals surface area contributed by atoms with Gasteiger partial charge in [0.2, 0.25) is 0 Å². The highest BCUT2D eigenvalue weighted by molar-refractivity contribution is 5.55. The number of hydrogen-bond acceptors (Lipinski definition) is 2. The highest BCUT2D eigenvalue weighted by atomic mass is 15.2. The Morgan fingerprint density at radius 1 is 1.10 bits per heavy atom. The quantitative estimate of drug-likeness (QED) is 0.912. The molecular formula is C19H24N2. The highest BCUT2D eigenvalue weighted by Crippen LogP contribution is 2.34. The van der Waals surface area contributed by atoms with Crippen LogP contribution in [-0.2, 0) is 6.54 Å². The molecule has 1 heterocycles. The minimum Gasteiger partial charge on any atom is -0.364 e. The van der Waals surface area contributed by atoms with Crippen LogP contribution in [0.15, 0.2) is 48.5 Å². The van der Waals surface area contributed by atoms with Crippen LogP contribution in [-0.4, -0.2) is 13.1 Å². The number of para-hydroxylation sites is 1. The van der Waals surface area contributed by atoms with E-state index in [4.69, 9.17) is 0 Å². The van der Waals surface area contributed by atoms with Gasteiger partial charge < -0.3 is 10.2 Å². The fourth-order valence-electron chi connectivity index (χ4n) is 3.41. The number of aryl methyl sites for hydroxylation is 1.